The Bertz CT molecular complexity index is 450. The Morgan fingerprint density at radius 3 is 2.89 bits per heavy atom. The number of anilines is 1. The lowest BCUT2D eigenvalue weighted by atomic mass is 10.1. The molecular weight excluding hydrogens is 233 g/mol. The molecule has 0 saturated carbocycles. The predicted molar refractivity (Wildman–Crippen MR) is 69.1 cm³/mol. The van der Waals surface area contributed by atoms with E-state index in [1.54, 1.807) is 11.0 Å². The maximum Gasteiger partial charge on any atom is 0.239 e. The highest BCUT2D eigenvalue weighted by molar-refractivity contribution is 5.82. The van der Waals surface area contributed by atoms with Crippen LogP contribution in [0.2, 0.25) is 0 Å². The van der Waals surface area contributed by atoms with E-state index >= 15 is 0 Å². The summed E-state index contributed by atoms with van der Waals surface area (Å²) in [7, 11) is 1.84. The van der Waals surface area contributed by atoms with E-state index in [2.05, 4.69) is 10.6 Å². The fourth-order valence-corrected chi connectivity index (χ4v) is 2.06. The lowest BCUT2D eigenvalue weighted by Gasteiger charge is -2.29. The molecule has 1 aliphatic heterocycles. The molecule has 1 heterocycles. The van der Waals surface area contributed by atoms with Crippen LogP contribution >= 0.6 is 0 Å². The van der Waals surface area contributed by atoms with Crippen molar-refractivity contribution in [3.63, 3.8) is 0 Å². The number of piperazine rings is 1. The van der Waals surface area contributed by atoms with Gasteiger partial charge in [-0.3, -0.25) is 4.79 Å². The molecule has 1 unspecified atom stereocenters. The molecule has 2 rings (SSSR count). The topological polar surface area (TPSA) is 44.4 Å². The number of hydrogen-bond acceptors (Lipinski definition) is 3. The molecular formula is C13H18FN3O. The molecule has 2 N–H and O–H groups in total. The van der Waals surface area contributed by atoms with Gasteiger partial charge in [-0.2, -0.15) is 0 Å². The molecule has 18 heavy (non-hydrogen) atoms. The fourth-order valence-electron chi connectivity index (χ4n) is 2.06. The van der Waals surface area contributed by atoms with Crippen molar-refractivity contribution >= 4 is 11.6 Å². The number of rotatable bonds is 3. The van der Waals surface area contributed by atoms with Crippen LogP contribution in [0.1, 0.15) is 18.5 Å². The third kappa shape index (κ3) is 2.61. The largest absolute Gasteiger partial charge is 0.358 e. The summed E-state index contributed by atoms with van der Waals surface area (Å²) in [6, 6.07) is 5.28. The highest BCUT2D eigenvalue weighted by atomic mass is 19.1. The second-order valence-corrected chi connectivity index (χ2v) is 4.49. The minimum absolute atomic E-state index is 0.0617. The van der Waals surface area contributed by atoms with Crippen LogP contribution < -0.4 is 15.5 Å². The highest BCUT2D eigenvalue weighted by Crippen LogP contribution is 2.23. The van der Waals surface area contributed by atoms with E-state index in [9.17, 15) is 9.18 Å². The van der Waals surface area contributed by atoms with Gasteiger partial charge in [0.15, 0.2) is 0 Å². The minimum atomic E-state index is -0.274. The Kier molecular flexibility index (Phi) is 3.81. The smallest absolute Gasteiger partial charge is 0.239 e. The molecule has 0 bridgehead atoms. The monoisotopic (exact) mass is 251 g/mol. The lowest BCUT2D eigenvalue weighted by molar-refractivity contribution is -0.120. The Labute approximate surface area is 106 Å². The summed E-state index contributed by atoms with van der Waals surface area (Å²) in [6.07, 6.45) is 0. The molecule has 5 heteroatoms. The van der Waals surface area contributed by atoms with Crippen LogP contribution in [0.5, 0.6) is 0 Å². The molecule has 98 valence electrons. The van der Waals surface area contributed by atoms with Crippen LogP contribution in [0, 0.1) is 5.82 Å². The zero-order chi connectivity index (χ0) is 13.1. The maximum atomic E-state index is 14.1. The van der Waals surface area contributed by atoms with Crippen LogP contribution in [0.15, 0.2) is 18.2 Å². The summed E-state index contributed by atoms with van der Waals surface area (Å²) in [5, 5.41) is 5.80. The average Bonchev–Trinajstić information content (AvgIpc) is 2.37. The summed E-state index contributed by atoms with van der Waals surface area (Å²) in [4.78, 5) is 13.1. The first kappa shape index (κ1) is 12.8. The number of halogens is 1. The predicted octanol–water partition coefficient (Wildman–Crippen LogP) is 1.04. The number of benzene rings is 1. The first-order valence-electron chi connectivity index (χ1n) is 6.10. The Morgan fingerprint density at radius 2 is 2.28 bits per heavy atom. The van der Waals surface area contributed by atoms with E-state index in [1.165, 1.54) is 6.07 Å². The van der Waals surface area contributed by atoms with Crippen molar-refractivity contribution in [2.45, 2.75) is 13.0 Å². The summed E-state index contributed by atoms with van der Waals surface area (Å²) in [5.74, 6) is -0.336. The van der Waals surface area contributed by atoms with E-state index in [4.69, 9.17) is 0 Å². The molecule has 4 nitrogen and oxygen atoms in total. The summed E-state index contributed by atoms with van der Waals surface area (Å²) in [5.41, 5.74) is 1.40. The van der Waals surface area contributed by atoms with Gasteiger partial charge in [0.1, 0.15) is 5.82 Å². The van der Waals surface area contributed by atoms with Crippen LogP contribution in [-0.4, -0.2) is 32.6 Å². The van der Waals surface area contributed by atoms with Gasteiger partial charge in [-0.15, -0.1) is 0 Å². The average molecular weight is 251 g/mol. The number of amides is 1. The van der Waals surface area contributed by atoms with Gasteiger partial charge >= 0.3 is 0 Å². The van der Waals surface area contributed by atoms with Crippen molar-refractivity contribution in [2.24, 2.45) is 0 Å². The maximum absolute atomic E-state index is 14.1. The molecule has 1 saturated heterocycles. The van der Waals surface area contributed by atoms with Gasteiger partial charge in [-0.25, -0.2) is 4.39 Å². The molecule has 0 aliphatic carbocycles. The SMILES string of the molecule is CNC(C)c1ccc(N2CCNC(=O)C2)c(F)c1. The van der Waals surface area contributed by atoms with E-state index < -0.39 is 0 Å². The van der Waals surface area contributed by atoms with Gasteiger partial charge in [0.25, 0.3) is 0 Å². The quantitative estimate of drug-likeness (QED) is 0.843. The Morgan fingerprint density at radius 1 is 1.50 bits per heavy atom. The van der Waals surface area contributed by atoms with Crippen molar-refractivity contribution in [1.82, 2.24) is 10.6 Å². The highest BCUT2D eigenvalue weighted by Gasteiger charge is 2.19. The first-order chi connectivity index (χ1) is 8.61. The number of hydrogen-bond donors (Lipinski definition) is 2. The summed E-state index contributed by atoms with van der Waals surface area (Å²) >= 11 is 0. The molecule has 1 amide bonds. The third-order valence-electron chi connectivity index (χ3n) is 3.28. The molecule has 0 radical (unpaired) electrons. The molecule has 1 aromatic rings. The molecule has 0 aromatic heterocycles. The van der Waals surface area contributed by atoms with Crippen molar-refractivity contribution in [3.8, 4) is 0 Å². The van der Waals surface area contributed by atoms with Gasteiger partial charge in [-0.1, -0.05) is 6.07 Å². The number of carbonyl (C=O) groups excluding carboxylic acids is 1. The van der Waals surface area contributed by atoms with Gasteiger partial charge in [0, 0.05) is 19.1 Å². The Hall–Kier alpha value is -1.62. The standard InChI is InChI=1S/C13H18FN3O/c1-9(15-2)10-3-4-12(11(14)7-10)17-6-5-16-13(18)8-17/h3-4,7,9,15H,5-6,8H2,1-2H3,(H,16,18). The van der Waals surface area contributed by atoms with E-state index in [1.807, 2.05) is 20.0 Å². The van der Waals surface area contributed by atoms with Crippen molar-refractivity contribution in [3.05, 3.63) is 29.6 Å². The van der Waals surface area contributed by atoms with E-state index in [-0.39, 0.29) is 24.3 Å². The summed E-state index contributed by atoms with van der Waals surface area (Å²) in [6.45, 7) is 3.40. The van der Waals surface area contributed by atoms with Crippen molar-refractivity contribution in [1.29, 1.82) is 0 Å². The summed E-state index contributed by atoms with van der Waals surface area (Å²) < 4.78 is 14.1. The molecule has 1 fully saturated rings. The minimum Gasteiger partial charge on any atom is -0.358 e. The number of nitrogens with zero attached hydrogens (tertiary/aromatic N) is 1. The normalized spacial score (nSPS) is 17.5. The zero-order valence-corrected chi connectivity index (χ0v) is 10.7. The van der Waals surface area contributed by atoms with Gasteiger partial charge in [0.05, 0.1) is 12.2 Å². The van der Waals surface area contributed by atoms with Gasteiger partial charge in [0.2, 0.25) is 5.91 Å². The number of nitrogens with one attached hydrogen (secondary N) is 2. The molecule has 0 spiro atoms. The van der Waals surface area contributed by atoms with Gasteiger partial charge in [-0.05, 0) is 31.7 Å². The lowest BCUT2D eigenvalue weighted by Crippen LogP contribution is -2.48. The van der Waals surface area contributed by atoms with Crippen LogP contribution in [0.25, 0.3) is 0 Å². The fraction of sp³-hybridized carbons (Fsp3) is 0.462. The molecule has 1 aromatic carbocycles. The molecule has 1 atom stereocenters. The van der Waals surface area contributed by atoms with Crippen LogP contribution in [0.4, 0.5) is 10.1 Å². The second-order valence-electron chi connectivity index (χ2n) is 4.49. The van der Waals surface area contributed by atoms with E-state index in [0.29, 0.717) is 18.8 Å². The first-order valence-corrected chi connectivity index (χ1v) is 6.10. The van der Waals surface area contributed by atoms with Crippen LogP contribution in [-0.2, 0) is 4.79 Å². The molecule has 1 aliphatic rings. The third-order valence-corrected chi connectivity index (χ3v) is 3.28. The van der Waals surface area contributed by atoms with Crippen molar-refractivity contribution < 1.29 is 9.18 Å². The number of carbonyl (C=O) groups is 1. The van der Waals surface area contributed by atoms with Crippen LogP contribution in [0.3, 0.4) is 0 Å². The van der Waals surface area contributed by atoms with Crippen molar-refractivity contribution in [2.75, 3.05) is 31.6 Å². The van der Waals surface area contributed by atoms with Gasteiger partial charge < -0.3 is 15.5 Å². The zero-order valence-electron chi connectivity index (χ0n) is 10.7. The second kappa shape index (κ2) is 5.35. The van der Waals surface area contributed by atoms with E-state index in [0.717, 1.165) is 5.56 Å². The Balaban J connectivity index is 2.21.